The molecule has 1 N–H and O–H groups in total. The van der Waals surface area contributed by atoms with Crippen LogP contribution >= 0.6 is 0 Å². The van der Waals surface area contributed by atoms with Crippen LogP contribution in [0.4, 0.5) is 0 Å². The van der Waals surface area contributed by atoms with Crippen molar-refractivity contribution in [2.75, 3.05) is 13.1 Å². The number of carbonyl (C=O) groups excluding carboxylic acids is 1. The van der Waals surface area contributed by atoms with Gasteiger partial charge in [0.05, 0.1) is 18.4 Å². The molecule has 64 valence electrons. The van der Waals surface area contributed by atoms with Crippen LogP contribution < -0.4 is 0 Å². The van der Waals surface area contributed by atoms with E-state index in [1.807, 2.05) is 0 Å². The Kier molecular flexibility index (Phi) is 1.91. The van der Waals surface area contributed by atoms with Gasteiger partial charge in [0, 0.05) is 0 Å². The van der Waals surface area contributed by atoms with Crippen LogP contribution in [-0.4, -0.2) is 34.2 Å². The smallest absolute Gasteiger partial charge is 0.167 e. The van der Waals surface area contributed by atoms with Crippen LogP contribution in [0.3, 0.4) is 0 Å². The Morgan fingerprint density at radius 2 is 2.50 bits per heavy atom. The molecule has 4 heteroatoms. The minimum absolute atomic E-state index is 0.561. The van der Waals surface area contributed by atoms with E-state index in [9.17, 15) is 4.79 Å². The number of H-pyrrole nitrogens is 1. The molecule has 0 unspecified atom stereocenters. The van der Waals surface area contributed by atoms with E-state index >= 15 is 0 Å². The van der Waals surface area contributed by atoms with Crippen molar-refractivity contribution in [3.05, 3.63) is 17.7 Å². The van der Waals surface area contributed by atoms with E-state index in [1.54, 1.807) is 6.20 Å². The highest BCUT2D eigenvalue weighted by molar-refractivity contribution is 5.71. The molecule has 0 saturated carbocycles. The summed E-state index contributed by atoms with van der Waals surface area (Å²) in [7, 11) is 0. The fourth-order valence-electron chi connectivity index (χ4n) is 1.27. The SMILES string of the molecule is O=Cc1cnc(CN2CCC2)[nH]1. The molecule has 0 amide bonds. The molecule has 1 aromatic heterocycles. The summed E-state index contributed by atoms with van der Waals surface area (Å²) in [5.74, 6) is 0.886. The maximum Gasteiger partial charge on any atom is 0.167 e. The Morgan fingerprint density at radius 1 is 1.67 bits per heavy atom. The second kappa shape index (κ2) is 3.06. The largest absolute Gasteiger partial charge is 0.339 e. The number of likely N-dealkylation sites (tertiary alicyclic amines) is 1. The third-order valence-corrected chi connectivity index (χ3v) is 2.10. The lowest BCUT2D eigenvalue weighted by Crippen LogP contribution is -2.36. The van der Waals surface area contributed by atoms with E-state index in [4.69, 9.17) is 0 Å². The van der Waals surface area contributed by atoms with Crippen molar-refractivity contribution in [3.8, 4) is 0 Å². The van der Waals surface area contributed by atoms with Gasteiger partial charge in [0.15, 0.2) is 6.29 Å². The van der Waals surface area contributed by atoms with Gasteiger partial charge in [-0.3, -0.25) is 9.69 Å². The van der Waals surface area contributed by atoms with Gasteiger partial charge in [-0.15, -0.1) is 0 Å². The molecule has 1 aliphatic rings. The molecule has 0 spiro atoms. The Balaban J connectivity index is 1.97. The van der Waals surface area contributed by atoms with Crippen molar-refractivity contribution in [3.63, 3.8) is 0 Å². The third kappa shape index (κ3) is 1.38. The van der Waals surface area contributed by atoms with Crippen LogP contribution in [0.15, 0.2) is 6.20 Å². The van der Waals surface area contributed by atoms with E-state index in [-0.39, 0.29) is 0 Å². The molecule has 1 fully saturated rings. The van der Waals surface area contributed by atoms with Crippen molar-refractivity contribution in [2.45, 2.75) is 13.0 Å². The average Bonchev–Trinajstić information content (AvgIpc) is 2.44. The van der Waals surface area contributed by atoms with Crippen molar-refractivity contribution in [1.29, 1.82) is 0 Å². The Labute approximate surface area is 70.6 Å². The minimum atomic E-state index is 0.561. The molecule has 2 heterocycles. The van der Waals surface area contributed by atoms with Crippen LogP contribution in [0.5, 0.6) is 0 Å². The molecule has 12 heavy (non-hydrogen) atoms. The number of aromatic amines is 1. The monoisotopic (exact) mass is 165 g/mol. The summed E-state index contributed by atoms with van der Waals surface area (Å²) in [5.41, 5.74) is 0.561. The second-order valence-electron chi connectivity index (χ2n) is 3.03. The summed E-state index contributed by atoms with van der Waals surface area (Å²) >= 11 is 0. The number of aromatic nitrogens is 2. The van der Waals surface area contributed by atoms with Gasteiger partial charge in [-0.25, -0.2) is 4.98 Å². The first-order chi connectivity index (χ1) is 5.88. The summed E-state index contributed by atoms with van der Waals surface area (Å²) < 4.78 is 0. The van der Waals surface area contributed by atoms with Gasteiger partial charge >= 0.3 is 0 Å². The lowest BCUT2D eigenvalue weighted by molar-refractivity contribution is 0.111. The molecule has 2 rings (SSSR count). The topological polar surface area (TPSA) is 49.0 Å². The average molecular weight is 165 g/mol. The van der Waals surface area contributed by atoms with E-state index < -0.39 is 0 Å². The van der Waals surface area contributed by atoms with E-state index in [0.29, 0.717) is 5.69 Å². The summed E-state index contributed by atoms with van der Waals surface area (Å²) in [6.07, 6.45) is 3.63. The molecule has 1 saturated heterocycles. The number of nitrogens with one attached hydrogen (secondary N) is 1. The third-order valence-electron chi connectivity index (χ3n) is 2.10. The molecular weight excluding hydrogens is 154 g/mol. The van der Waals surface area contributed by atoms with Gasteiger partial charge in [-0.2, -0.15) is 0 Å². The number of nitrogens with zero attached hydrogens (tertiary/aromatic N) is 2. The van der Waals surface area contributed by atoms with E-state index in [0.717, 1.165) is 31.7 Å². The highest BCUT2D eigenvalue weighted by Gasteiger charge is 2.14. The molecule has 4 nitrogen and oxygen atoms in total. The van der Waals surface area contributed by atoms with E-state index in [1.165, 1.54) is 6.42 Å². The van der Waals surface area contributed by atoms with Gasteiger partial charge in [-0.05, 0) is 19.5 Å². The molecule has 0 aromatic carbocycles. The van der Waals surface area contributed by atoms with Crippen LogP contribution in [0, 0.1) is 0 Å². The lowest BCUT2D eigenvalue weighted by Gasteiger charge is -2.29. The zero-order valence-corrected chi connectivity index (χ0v) is 6.79. The number of imidazole rings is 1. The van der Waals surface area contributed by atoms with Crippen LogP contribution in [0.1, 0.15) is 22.7 Å². The molecule has 1 aliphatic heterocycles. The number of hydrogen-bond donors (Lipinski definition) is 1. The van der Waals surface area contributed by atoms with Gasteiger partial charge < -0.3 is 4.98 Å². The predicted octanol–water partition coefficient (Wildman–Crippen LogP) is 0.428. The quantitative estimate of drug-likeness (QED) is 0.661. The summed E-state index contributed by atoms with van der Waals surface area (Å²) in [6.45, 7) is 3.14. The first-order valence-corrected chi connectivity index (χ1v) is 4.10. The molecule has 0 radical (unpaired) electrons. The molecule has 1 aromatic rings. The highest BCUT2D eigenvalue weighted by atomic mass is 16.1. The molecule has 0 bridgehead atoms. The maximum atomic E-state index is 10.3. The number of carbonyl (C=O) groups is 1. The normalized spacial score (nSPS) is 17.3. The van der Waals surface area contributed by atoms with Crippen LogP contribution in [0.25, 0.3) is 0 Å². The van der Waals surface area contributed by atoms with Crippen molar-refractivity contribution in [1.82, 2.24) is 14.9 Å². The maximum absolute atomic E-state index is 10.3. The number of hydrogen-bond acceptors (Lipinski definition) is 3. The Morgan fingerprint density at radius 3 is 3.00 bits per heavy atom. The van der Waals surface area contributed by atoms with Crippen LogP contribution in [-0.2, 0) is 6.54 Å². The van der Waals surface area contributed by atoms with Crippen molar-refractivity contribution in [2.24, 2.45) is 0 Å². The van der Waals surface area contributed by atoms with Gasteiger partial charge in [0.2, 0.25) is 0 Å². The summed E-state index contributed by atoms with van der Waals surface area (Å²) in [5, 5.41) is 0. The minimum Gasteiger partial charge on any atom is -0.339 e. The fourth-order valence-corrected chi connectivity index (χ4v) is 1.27. The van der Waals surface area contributed by atoms with Crippen molar-refractivity contribution < 1.29 is 4.79 Å². The molecule has 0 atom stereocenters. The van der Waals surface area contributed by atoms with E-state index in [2.05, 4.69) is 14.9 Å². The first kappa shape index (κ1) is 7.49. The van der Waals surface area contributed by atoms with Gasteiger partial charge in [-0.1, -0.05) is 0 Å². The van der Waals surface area contributed by atoms with Gasteiger partial charge in [0.1, 0.15) is 5.82 Å². The first-order valence-electron chi connectivity index (χ1n) is 4.10. The zero-order chi connectivity index (χ0) is 8.39. The number of rotatable bonds is 3. The summed E-state index contributed by atoms with van der Waals surface area (Å²) in [6, 6.07) is 0. The Bertz CT molecular complexity index is 278. The highest BCUT2D eigenvalue weighted by Crippen LogP contribution is 2.09. The standard InChI is InChI=1S/C8H11N3O/c12-6-7-4-9-8(10-7)5-11-2-1-3-11/h4,6H,1-3,5H2,(H,9,10). The lowest BCUT2D eigenvalue weighted by atomic mass is 10.2. The summed E-state index contributed by atoms with van der Waals surface area (Å²) in [4.78, 5) is 19.6. The number of aldehydes is 1. The van der Waals surface area contributed by atoms with Crippen molar-refractivity contribution >= 4 is 6.29 Å². The second-order valence-corrected chi connectivity index (χ2v) is 3.03. The molecular formula is C8H11N3O. The zero-order valence-electron chi connectivity index (χ0n) is 6.79. The molecule has 0 aliphatic carbocycles. The predicted molar refractivity (Wildman–Crippen MR) is 43.9 cm³/mol. The fraction of sp³-hybridized carbons (Fsp3) is 0.500. The van der Waals surface area contributed by atoms with Crippen LogP contribution in [0.2, 0.25) is 0 Å². The van der Waals surface area contributed by atoms with Gasteiger partial charge in [0.25, 0.3) is 0 Å². The Hall–Kier alpha value is -1.16.